The van der Waals surface area contributed by atoms with Crippen molar-refractivity contribution in [3.63, 3.8) is 0 Å². The van der Waals surface area contributed by atoms with Gasteiger partial charge in [0.2, 0.25) is 10.0 Å². The average molecular weight is 438 g/mol. The van der Waals surface area contributed by atoms with E-state index in [2.05, 4.69) is 0 Å². The highest BCUT2D eigenvalue weighted by atomic mass is 32.2. The number of nitrogens with zero attached hydrogens (tertiary/aromatic N) is 1. The van der Waals surface area contributed by atoms with Crippen molar-refractivity contribution in [2.24, 2.45) is 5.92 Å². The summed E-state index contributed by atoms with van der Waals surface area (Å²) < 4.78 is 28.8. The van der Waals surface area contributed by atoms with Gasteiger partial charge >= 0.3 is 0 Å². The van der Waals surface area contributed by atoms with Crippen LogP contribution in [-0.2, 0) is 16.6 Å². The molecule has 0 aliphatic carbocycles. The van der Waals surface area contributed by atoms with Crippen molar-refractivity contribution < 1.29 is 13.5 Å². The minimum Gasteiger partial charge on any atom is -0.392 e. The Morgan fingerprint density at radius 1 is 0.839 bits per heavy atom. The molecule has 2 atom stereocenters. The fourth-order valence-corrected chi connectivity index (χ4v) is 5.14. The molecule has 3 aromatic rings. The van der Waals surface area contributed by atoms with Crippen LogP contribution >= 0.6 is 0 Å². The van der Waals surface area contributed by atoms with Crippen LogP contribution in [0.5, 0.6) is 0 Å². The molecular weight excluding hydrogens is 406 g/mol. The van der Waals surface area contributed by atoms with E-state index >= 15 is 0 Å². The van der Waals surface area contributed by atoms with Gasteiger partial charge in [-0.3, -0.25) is 0 Å². The maximum Gasteiger partial charge on any atom is 0.243 e. The van der Waals surface area contributed by atoms with Crippen LogP contribution in [-0.4, -0.2) is 30.5 Å². The van der Waals surface area contributed by atoms with Crippen LogP contribution in [0.2, 0.25) is 0 Å². The third-order valence-electron chi connectivity index (χ3n) is 5.58. The predicted molar refractivity (Wildman–Crippen MR) is 125 cm³/mol. The average Bonchev–Trinajstić information content (AvgIpc) is 2.77. The van der Waals surface area contributed by atoms with E-state index in [4.69, 9.17) is 0 Å². The van der Waals surface area contributed by atoms with E-state index in [-0.39, 0.29) is 29.8 Å². The molecule has 0 heterocycles. The topological polar surface area (TPSA) is 57.6 Å². The van der Waals surface area contributed by atoms with Gasteiger partial charge in [0.05, 0.1) is 11.0 Å². The van der Waals surface area contributed by atoms with Crippen molar-refractivity contribution in [2.75, 3.05) is 6.54 Å². The Kier molecular flexibility index (Phi) is 7.65. The zero-order valence-electron chi connectivity index (χ0n) is 18.3. The van der Waals surface area contributed by atoms with Crippen molar-refractivity contribution in [3.8, 4) is 0 Å². The first-order valence-corrected chi connectivity index (χ1v) is 12.1. The highest BCUT2D eigenvalue weighted by molar-refractivity contribution is 7.89. The maximum absolute atomic E-state index is 13.7. The Morgan fingerprint density at radius 3 is 1.94 bits per heavy atom. The Morgan fingerprint density at radius 2 is 1.39 bits per heavy atom. The number of aryl methyl sites for hydroxylation is 1. The molecule has 0 saturated heterocycles. The molecule has 0 fully saturated rings. The molecule has 0 saturated carbocycles. The molecular formula is C26H31NO3S. The number of aliphatic hydroxyl groups is 1. The van der Waals surface area contributed by atoms with Crippen molar-refractivity contribution in [1.82, 2.24) is 4.31 Å². The van der Waals surface area contributed by atoms with Crippen molar-refractivity contribution in [1.29, 1.82) is 0 Å². The first kappa shape index (κ1) is 23.2. The molecule has 31 heavy (non-hydrogen) atoms. The fourth-order valence-electron chi connectivity index (χ4n) is 3.69. The lowest BCUT2D eigenvalue weighted by molar-refractivity contribution is 0.0873. The summed E-state index contributed by atoms with van der Waals surface area (Å²) in [6.45, 7) is 6.27. The van der Waals surface area contributed by atoms with E-state index in [1.807, 2.05) is 93.6 Å². The quantitative estimate of drug-likeness (QED) is 0.513. The minimum atomic E-state index is -3.76. The first-order chi connectivity index (χ1) is 14.8. The standard InChI is InChI=1S/C26H31NO3S/c1-20(2)26(28)25(23-12-8-5-9-13-23)19-27(18-22-10-6-4-7-11-22)31(29,30)24-16-14-21(3)15-17-24/h4-17,20,25-26,28H,18-19H2,1-3H3/t25-,26+/m1/s1. The maximum atomic E-state index is 13.7. The van der Waals surface area contributed by atoms with E-state index < -0.39 is 16.1 Å². The third-order valence-corrected chi connectivity index (χ3v) is 7.41. The Bertz CT molecular complexity index is 1050. The highest BCUT2D eigenvalue weighted by Crippen LogP contribution is 2.29. The third kappa shape index (κ3) is 5.82. The van der Waals surface area contributed by atoms with Crippen molar-refractivity contribution in [3.05, 3.63) is 102 Å². The van der Waals surface area contributed by atoms with Gasteiger partial charge < -0.3 is 5.11 Å². The summed E-state index contributed by atoms with van der Waals surface area (Å²) in [7, 11) is -3.76. The second kappa shape index (κ2) is 10.2. The molecule has 3 aromatic carbocycles. The molecule has 0 bridgehead atoms. The van der Waals surface area contributed by atoms with Gasteiger partial charge in [-0.1, -0.05) is 92.2 Å². The Balaban J connectivity index is 2.02. The lowest BCUT2D eigenvalue weighted by atomic mass is 9.87. The largest absolute Gasteiger partial charge is 0.392 e. The van der Waals surface area contributed by atoms with Crippen LogP contribution in [0.1, 0.15) is 36.5 Å². The smallest absolute Gasteiger partial charge is 0.243 e. The van der Waals surface area contributed by atoms with E-state index in [9.17, 15) is 13.5 Å². The van der Waals surface area contributed by atoms with Gasteiger partial charge in [0.15, 0.2) is 0 Å². The van der Waals surface area contributed by atoms with E-state index in [1.54, 1.807) is 12.1 Å². The van der Waals surface area contributed by atoms with Crippen LogP contribution in [0.25, 0.3) is 0 Å². The second-order valence-corrected chi connectivity index (χ2v) is 10.3. The first-order valence-electron chi connectivity index (χ1n) is 10.6. The lowest BCUT2D eigenvalue weighted by Crippen LogP contribution is -2.39. The molecule has 1 N–H and O–H groups in total. The minimum absolute atomic E-state index is 0.00846. The highest BCUT2D eigenvalue weighted by Gasteiger charge is 2.32. The van der Waals surface area contributed by atoms with Crippen LogP contribution in [0.15, 0.2) is 89.8 Å². The monoisotopic (exact) mass is 437 g/mol. The second-order valence-electron chi connectivity index (χ2n) is 8.35. The lowest BCUT2D eigenvalue weighted by Gasteiger charge is -2.32. The van der Waals surface area contributed by atoms with Gasteiger partial charge in [0.1, 0.15) is 0 Å². The van der Waals surface area contributed by atoms with E-state index in [1.165, 1.54) is 4.31 Å². The summed E-state index contributed by atoms with van der Waals surface area (Å²) >= 11 is 0. The fraction of sp³-hybridized carbons (Fsp3) is 0.308. The summed E-state index contributed by atoms with van der Waals surface area (Å²) in [5.41, 5.74) is 2.84. The molecule has 0 spiro atoms. The zero-order chi connectivity index (χ0) is 22.4. The van der Waals surface area contributed by atoms with Gasteiger partial charge in [-0.15, -0.1) is 0 Å². The van der Waals surface area contributed by atoms with Crippen LogP contribution in [0, 0.1) is 12.8 Å². The van der Waals surface area contributed by atoms with Gasteiger partial charge in [-0.05, 0) is 36.1 Å². The van der Waals surface area contributed by atoms with E-state index in [0.29, 0.717) is 0 Å². The van der Waals surface area contributed by atoms with E-state index in [0.717, 1.165) is 16.7 Å². The number of sulfonamides is 1. The molecule has 3 rings (SSSR count). The van der Waals surface area contributed by atoms with Gasteiger partial charge in [-0.25, -0.2) is 8.42 Å². The van der Waals surface area contributed by atoms with Crippen molar-refractivity contribution in [2.45, 2.75) is 44.2 Å². The number of hydrogen-bond acceptors (Lipinski definition) is 3. The Labute approximate surface area is 186 Å². The number of benzene rings is 3. The van der Waals surface area contributed by atoms with Gasteiger partial charge in [0.25, 0.3) is 0 Å². The summed E-state index contributed by atoms with van der Waals surface area (Å²) in [4.78, 5) is 0.264. The van der Waals surface area contributed by atoms with Crippen LogP contribution in [0.4, 0.5) is 0 Å². The summed E-state index contributed by atoms with van der Waals surface area (Å²) in [6, 6.07) is 26.2. The van der Waals surface area contributed by atoms with Crippen LogP contribution in [0.3, 0.4) is 0 Å². The molecule has 0 unspecified atom stereocenters. The Hall–Kier alpha value is -2.47. The molecule has 0 aromatic heterocycles. The normalized spacial score (nSPS) is 14.0. The summed E-state index contributed by atoms with van der Waals surface area (Å²) in [5.74, 6) is -0.351. The molecule has 5 heteroatoms. The molecule has 4 nitrogen and oxygen atoms in total. The predicted octanol–water partition coefficient (Wildman–Crippen LogP) is 4.99. The number of rotatable bonds is 9. The van der Waals surface area contributed by atoms with Crippen molar-refractivity contribution >= 4 is 10.0 Å². The SMILES string of the molecule is Cc1ccc(S(=O)(=O)N(Cc2ccccc2)C[C@H](c2ccccc2)[C@@H](O)C(C)C)cc1. The van der Waals surface area contributed by atoms with Gasteiger partial charge in [0, 0.05) is 19.0 Å². The van der Waals surface area contributed by atoms with Gasteiger partial charge in [-0.2, -0.15) is 4.31 Å². The molecule has 0 aliphatic heterocycles. The van der Waals surface area contributed by atoms with Crippen LogP contribution < -0.4 is 0 Å². The molecule has 0 amide bonds. The summed E-state index contributed by atoms with van der Waals surface area (Å²) in [5, 5.41) is 11.0. The molecule has 0 aliphatic rings. The number of aliphatic hydroxyl groups excluding tert-OH is 1. The number of hydrogen-bond donors (Lipinski definition) is 1. The molecule has 164 valence electrons. The summed E-state index contributed by atoms with van der Waals surface area (Å²) in [6.07, 6.45) is -0.672. The zero-order valence-corrected chi connectivity index (χ0v) is 19.2. The molecule has 0 radical (unpaired) electrons.